The van der Waals surface area contributed by atoms with Crippen LogP contribution in [0.1, 0.15) is 29.2 Å². The minimum Gasteiger partial charge on any atom is -0.488 e. The number of amides is 1. The van der Waals surface area contributed by atoms with Gasteiger partial charge in [0.25, 0.3) is 5.91 Å². The van der Waals surface area contributed by atoms with Crippen molar-refractivity contribution in [2.45, 2.75) is 26.9 Å². The van der Waals surface area contributed by atoms with Crippen LogP contribution in [0.4, 0.5) is 5.69 Å². The SMILES string of the molecule is CCc1ccccc1NC(=O)/C(C#N)=C/c1ccccc1OCc1ccc(C)cc1. The Kier molecular flexibility index (Phi) is 7.02. The molecule has 0 aliphatic heterocycles. The molecule has 0 atom stereocenters. The van der Waals surface area contributed by atoms with Crippen molar-refractivity contribution in [2.24, 2.45) is 0 Å². The molecule has 1 N–H and O–H groups in total. The Hall–Kier alpha value is -3.84. The predicted molar refractivity (Wildman–Crippen MR) is 120 cm³/mol. The van der Waals surface area contributed by atoms with E-state index >= 15 is 0 Å². The zero-order valence-corrected chi connectivity index (χ0v) is 17.2. The van der Waals surface area contributed by atoms with Gasteiger partial charge in [-0.2, -0.15) is 5.26 Å². The van der Waals surface area contributed by atoms with E-state index in [0.717, 1.165) is 23.2 Å². The highest BCUT2D eigenvalue weighted by molar-refractivity contribution is 6.10. The van der Waals surface area contributed by atoms with Gasteiger partial charge in [0.2, 0.25) is 0 Å². The van der Waals surface area contributed by atoms with Crippen LogP contribution < -0.4 is 10.1 Å². The summed E-state index contributed by atoms with van der Waals surface area (Å²) in [6, 6.07) is 25.1. The number of nitrogens with zero attached hydrogens (tertiary/aromatic N) is 1. The lowest BCUT2D eigenvalue weighted by Crippen LogP contribution is -2.14. The molecule has 4 heteroatoms. The number of hydrogen-bond acceptors (Lipinski definition) is 3. The number of anilines is 1. The van der Waals surface area contributed by atoms with Gasteiger partial charge in [0.05, 0.1) is 0 Å². The molecule has 30 heavy (non-hydrogen) atoms. The fourth-order valence-corrected chi connectivity index (χ4v) is 3.02. The van der Waals surface area contributed by atoms with Crippen LogP contribution in [0.25, 0.3) is 6.08 Å². The molecule has 0 saturated carbocycles. The normalized spacial score (nSPS) is 10.9. The molecular formula is C26H24N2O2. The van der Waals surface area contributed by atoms with E-state index in [2.05, 4.69) is 5.32 Å². The third kappa shape index (κ3) is 5.36. The van der Waals surface area contributed by atoms with Crippen LogP contribution in [-0.4, -0.2) is 5.91 Å². The summed E-state index contributed by atoms with van der Waals surface area (Å²) in [7, 11) is 0. The van der Waals surface area contributed by atoms with E-state index in [0.29, 0.717) is 17.9 Å². The topological polar surface area (TPSA) is 62.1 Å². The lowest BCUT2D eigenvalue weighted by atomic mass is 10.1. The van der Waals surface area contributed by atoms with Crippen molar-refractivity contribution in [3.63, 3.8) is 0 Å². The summed E-state index contributed by atoms with van der Waals surface area (Å²) in [6.07, 6.45) is 2.35. The number of carbonyl (C=O) groups is 1. The number of nitrogens with one attached hydrogen (secondary N) is 1. The number of aryl methyl sites for hydroxylation is 2. The highest BCUT2D eigenvalue weighted by Gasteiger charge is 2.13. The molecule has 150 valence electrons. The third-order valence-corrected chi connectivity index (χ3v) is 4.75. The first-order valence-corrected chi connectivity index (χ1v) is 9.89. The van der Waals surface area contributed by atoms with Crippen LogP contribution in [0.3, 0.4) is 0 Å². The summed E-state index contributed by atoms with van der Waals surface area (Å²) in [5, 5.41) is 12.4. The minimum absolute atomic E-state index is 0.0206. The van der Waals surface area contributed by atoms with E-state index in [1.54, 1.807) is 6.08 Å². The van der Waals surface area contributed by atoms with Crippen molar-refractivity contribution >= 4 is 17.7 Å². The van der Waals surface area contributed by atoms with E-state index in [-0.39, 0.29) is 5.57 Å². The van der Waals surface area contributed by atoms with Crippen LogP contribution in [-0.2, 0) is 17.8 Å². The van der Waals surface area contributed by atoms with Crippen LogP contribution in [0, 0.1) is 18.3 Å². The highest BCUT2D eigenvalue weighted by atomic mass is 16.5. The fraction of sp³-hybridized carbons (Fsp3) is 0.154. The molecule has 0 radical (unpaired) electrons. The van der Waals surface area contributed by atoms with Gasteiger partial charge in [0.1, 0.15) is 24.0 Å². The van der Waals surface area contributed by atoms with Gasteiger partial charge < -0.3 is 10.1 Å². The van der Waals surface area contributed by atoms with Gasteiger partial charge in [-0.3, -0.25) is 4.79 Å². The third-order valence-electron chi connectivity index (χ3n) is 4.75. The van der Waals surface area contributed by atoms with Gasteiger partial charge in [-0.25, -0.2) is 0 Å². The first-order valence-electron chi connectivity index (χ1n) is 9.89. The van der Waals surface area contributed by atoms with E-state index in [9.17, 15) is 10.1 Å². The second-order valence-electron chi connectivity index (χ2n) is 6.95. The average molecular weight is 396 g/mol. The van der Waals surface area contributed by atoms with Gasteiger partial charge in [0.15, 0.2) is 0 Å². The van der Waals surface area contributed by atoms with Crippen molar-refractivity contribution in [1.82, 2.24) is 0 Å². The Morgan fingerprint density at radius 2 is 1.73 bits per heavy atom. The zero-order chi connectivity index (χ0) is 21.3. The van der Waals surface area contributed by atoms with E-state index in [4.69, 9.17) is 4.74 Å². The van der Waals surface area contributed by atoms with Crippen LogP contribution >= 0.6 is 0 Å². The standard InChI is InChI=1S/C26H24N2O2/c1-3-21-8-4-6-10-24(21)28-26(29)23(17-27)16-22-9-5-7-11-25(22)30-18-20-14-12-19(2)13-15-20/h4-16H,3,18H2,1-2H3,(H,28,29)/b23-16+. The molecule has 3 aromatic carbocycles. The maximum Gasteiger partial charge on any atom is 0.266 e. The molecule has 0 fully saturated rings. The molecule has 0 saturated heterocycles. The summed E-state index contributed by atoms with van der Waals surface area (Å²) < 4.78 is 5.96. The largest absolute Gasteiger partial charge is 0.488 e. The second-order valence-corrected chi connectivity index (χ2v) is 6.95. The van der Waals surface area contributed by atoms with Crippen LogP contribution in [0.2, 0.25) is 0 Å². The Bertz CT molecular complexity index is 1090. The number of para-hydroxylation sites is 2. The number of nitriles is 1. The van der Waals surface area contributed by atoms with Crippen LogP contribution in [0.15, 0.2) is 78.4 Å². The minimum atomic E-state index is -0.438. The van der Waals surface area contributed by atoms with Gasteiger partial charge >= 0.3 is 0 Å². The molecule has 0 aliphatic carbocycles. The average Bonchev–Trinajstić information content (AvgIpc) is 2.78. The van der Waals surface area contributed by atoms with Crippen molar-refractivity contribution in [3.05, 3.63) is 101 Å². The Morgan fingerprint density at radius 1 is 1.03 bits per heavy atom. The first-order chi connectivity index (χ1) is 14.6. The van der Waals surface area contributed by atoms with Crippen molar-refractivity contribution in [3.8, 4) is 11.8 Å². The summed E-state index contributed by atoms with van der Waals surface area (Å²) in [5.74, 6) is 0.180. The molecule has 0 spiro atoms. The lowest BCUT2D eigenvalue weighted by molar-refractivity contribution is -0.112. The first kappa shape index (κ1) is 20.9. The molecule has 0 aliphatic rings. The molecule has 0 unspecified atom stereocenters. The quantitative estimate of drug-likeness (QED) is 0.413. The van der Waals surface area contributed by atoms with Gasteiger partial charge in [-0.1, -0.05) is 73.2 Å². The smallest absolute Gasteiger partial charge is 0.266 e. The maximum absolute atomic E-state index is 12.7. The number of carbonyl (C=O) groups excluding carboxylic acids is 1. The van der Waals surface area contributed by atoms with Gasteiger partial charge in [0, 0.05) is 11.3 Å². The second kappa shape index (κ2) is 10.1. The van der Waals surface area contributed by atoms with Crippen molar-refractivity contribution < 1.29 is 9.53 Å². The van der Waals surface area contributed by atoms with Crippen molar-refractivity contribution in [1.29, 1.82) is 5.26 Å². The predicted octanol–water partition coefficient (Wildman–Crippen LogP) is 5.68. The monoisotopic (exact) mass is 396 g/mol. The summed E-state index contributed by atoms with van der Waals surface area (Å²) >= 11 is 0. The summed E-state index contributed by atoms with van der Waals surface area (Å²) in [4.78, 5) is 12.7. The molecular weight excluding hydrogens is 372 g/mol. The van der Waals surface area contributed by atoms with E-state index < -0.39 is 5.91 Å². The zero-order valence-electron chi connectivity index (χ0n) is 17.2. The molecule has 3 rings (SSSR count). The fourth-order valence-electron chi connectivity index (χ4n) is 3.02. The number of hydrogen-bond donors (Lipinski definition) is 1. The summed E-state index contributed by atoms with van der Waals surface area (Å²) in [6.45, 7) is 4.47. The highest BCUT2D eigenvalue weighted by Crippen LogP contribution is 2.23. The van der Waals surface area contributed by atoms with Gasteiger partial charge in [-0.05, 0) is 42.7 Å². The number of benzene rings is 3. The Morgan fingerprint density at radius 3 is 2.47 bits per heavy atom. The molecule has 0 bridgehead atoms. The molecule has 0 aromatic heterocycles. The molecule has 1 amide bonds. The maximum atomic E-state index is 12.7. The number of rotatable bonds is 7. The van der Waals surface area contributed by atoms with E-state index in [1.165, 1.54) is 5.56 Å². The molecule has 4 nitrogen and oxygen atoms in total. The van der Waals surface area contributed by atoms with Crippen LogP contribution in [0.5, 0.6) is 5.75 Å². The molecule has 3 aromatic rings. The number of ether oxygens (including phenoxy) is 1. The lowest BCUT2D eigenvalue weighted by Gasteiger charge is -2.11. The Labute approximate surface area is 177 Å². The van der Waals surface area contributed by atoms with Crippen molar-refractivity contribution in [2.75, 3.05) is 5.32 Å². The Balaban J connectivity index is 1.79. The summed E-state index contributed by atoms with van der Waals surface area (Å²) in [5.41, 5.74) is 4.68. The van der Waals surface area contributed by atoms with Gasteiger partial charge in [-0.15, -0.1) is 0 Å². The van der Waals surface area contributed by atoms with E-state index in [1.807, 2.05) is 92.7 Å². The molecule has 0 heterocycles.